The lowest BCUT2D eigenvalue weighted by molar-refractivity contribution is -0.129. The highest BCUT2D eigenvalue weighted by Crippen LogP contribution is 2.27. The monoisotopic (exact) mass is 362 g/mol. The molecule has 0 radical (unpaired) electrons. The fraction of sp³-hybridized carbons (Fsp3) is 0.353. The molecule has 9 nitrogen and oxygen atoms in total. The summed E-state index contributed by atoms with van der Waals surface area (Å²) < 4.78 is 5.23. The molecule has 140 valence electrons. The Labute approximate surface area is 150 Å². The summed E-state index contributed by atoms with van der Waals surface area (Å²) in [6.07, 6.45) is 3.93. The summed E-state index contributed by atoms with van der Waals surface area (Å²) in [7, 11) is 1.55. The second-order valence-corrected chi connectivity index (χ2v) is 5.50. The van der Waals surface area contributed by atoms with E-state index in [-0.39, 0.29) is 6.42 Å². The third-order valence-corrected chi connectivity index (χ3v) is 3.60. The van der Waals surface area contributed by atoms with Gasteiger partial charge in [0.2, 0.25) is 5.91 Å². The number of hydroxylamine groups is 2. The van der Waals surface area contributed by atoms with Gasteiger partial charge >= 0.3 is 6.03 Å². The van der Waals surface area contributed by atoms with E-state index in [0.717, 1.165) is 11.8 Å². The van der Waals surface area contributed by atoms with Crippen LogP contribution in [-0.2, 0) is 9.63 Å². The topological polar surface area (TPSA) is 122 Å². The number of pyridine rings is 1. The average molecular weight is 362 g/mol. The second-order valence-electron chi connectivity index (χ2n) is 5.50. The number of amides is 3. The molecule has 0 aliphatic rings. The van der Waals surface area contributed by atoms with Crippen LogP contribution in [0.25, 0.3) is 10.9 Å². The number of nitrogens with zero attached hydrogens (tertiary/aromatic N) is 1. The van der Waals surface area contributed by atoms with Crippen LogP contribution in [0.3, 0.4) is 0 Å². The van der Waals surface area contributed by atoms with Gasteiger partial charge < -0.3 is 10.1 Å². The average Bonchev–Trinajstić information content (AvgIpc) is 2.66. The van der Waals surface area contributed by atoms with Crippen LogP contribution < -0.4 is 21.0 Å². The Balaban J connectivity index is 1.78. The number of carbonyl (C=O) groups is 2. The van der Waals surface area contributed by atoms with Gasteiger partial charge in [-0.15, -0.1) is 0 Å². The zero-order chi connectivity index (χ0) is 18.8. The summed E-state index contributed by atoms with van der Waals surface area (Å²) >= 11 is 0. The van der Waals surface area contributed by atoms with Crippen LogP contribution in [0, 0.1) is 0 Å². The highest BCUT2D eigenvalue weighted by molar-refractivity contribution is 6.00. The molecule has 0 saturated heterocycles. The quantitative estimate of drug-likeness (QED) is 0.309. The van der Waals surface area contributed by atoms with Gasteiger partial charge in [0.05, 0.1) is 24.9 Å². The molecule has 3 amide bonds. The van der Waals surface area contributed by atoms with Gasteiger partial charge in [-0.2, -0.15) is 0 Å². The summed E-state index contributed by atoms with van der Waals surface area (Å²) in [5.74, 6) is 0.191. The first-order valence-corrected chi connectivity index (χ1v) is 8.18. The van der Waals surface area contributed by atoms with Crippen molar-refractivity contribution in [2.45, 2.75) is 25.7 Å². The van der Waals surface area contributed by atoms with Crippen LogP contribution in [0.1, 0.15) is 25.7 Å². The minimum atomic E-state index is -0.523. The molecule has 1 aromatic carbocycles. The van der Waals surface area contributed by atoms with Gasteiger partial charge in [-0.05, 0) is 25.0 Å². The smallest absolute Gasteiger partial charge is 0.343 e. The lowest BCUT2D eigenvalue weighted by Crippen LogP contribution is -2.29. The number of hydrogen-bond donors (Lipinski definition) is 4. The number of methoxy groups -OCH3 is 1. The van der Waals surface area contributed by atoms with Gasteiger partial charge in [0.1, 0.15) is 5.75 Å². The maximum atomic E-state index is 12.0. The Bertz CT molecular complexity index is 753. The van der Waals surface area contributed by atoms with Gasteiger partial charge in [-0.25, -0.2) is 15.8 Å². The lowest BCUT2D eigenvalue weighted by atomic mass is 10.2. The minimum absolute atomic E-state index is 0.250. The number of urea groups is 1. The number of ether oxygens (including phenoxy) is 1. The Morgan fingerprint density at radius 1 is 1.23 bits per heavy atom. The van der Waals surface area contributed by atoms with E-state index in [1.165, 1.54) is 0 Å². The molecule has 0 spiro atoms. The van der Waals surface area contributed by atoms with E-state index in [1.807, 2.05) is 12.1 Å². The molecule has 2 aromatic rings. The second kappa shape index (κ2) is 10.2. The number of carbonyl (C=O) groups excluding carboxylic acids is 2. The third-order valence-electron chi connectivity index (χ3n) is 3.60. The summed E-state index contributed by atoms with van der Waals surface area (Å²) in [6, 6.07) is 6.67. The van der Waals surface area contributed by atoms with E-state index in [0.29, 0.717) is 36.4 Å². The van der Waals surface area contributed by atoms with Crippen molar-refractivity contribution < 1.29 is 24.4 Å². The van der Waals surface area contributed by atoms with Crippen molar-refractivity contribution in [2.75, 3.05) is 19.0 Å². The molecule has 0 fully saturated rings. The molecule has 2 rings (SSSR count). The van der Waals surface area contributed by atoms with Crippen LogP contribution >= 0.6 is 0 Å². The van der Waals surface area contributed by atoms with Crippen LogP contribution in [0.2, 0.25) is 0 Å². The molecular formula is C17H22N4O5. The first kappa shape index (κ1) is 19.4. The molecule has 0 aliphatic carbocycles. The largest absolute Gasteiger partial charge is 0.497 e. The lowest BCUT2D eigenvalue weighted by Gasteiger charge is -2.11. The predicted molar refractivity (Wildman–Crippen MR) is 94.8 cm³/mol. The van der Waals surface area contributed by atoms with Crippen molar-refractivity contribution in [3.63, 3.8) is 0 Å². The van der Waals surface area contributed by atoms with Gasteiger partial charge in [-0.3, -0.25) is 19.8 Å². The van der Waals surface area contributed by atoms with Gasteiger partial charge in [0.25, 0.3) is 0 Å². The van der Waals surface area contributed by atoms with E-state index >= 15 is 0 Å². The molecular weight excluding hydrogens is 340 g/mol. The maximum Gasteiger partial charge on any atom is 0.343 e. The molecule has 0 unspecified atom stereocenters. The van der Waals surface area contributed by atoms with Crippen molar-refractivity contribution in [1.29, 1.82) is 0 Å². The maximum absolute atomic E-state index is 12.0. The summed E-state index contributed by atoms with van der Waals surface area (Å²) in [5.41, 5.74) is 5.04. The number of hydrogen-bond acceptors (Lipinski definition) is 6. The van der Waals surface area contributed by atoms with Crippen LogP contribution in [0.5, 0.6) is 5.75 Å². The third kappa shape index (κ3) is 5.87. The van der Waals surface area contributed by atoms with Crippen LogP contribution in [-0.4, -0.2) is 35.8 Å². The molecule has 1 heterocycles. The van der Waals surface area contributed by atoms with Gasteiger partial charge in [0, 0.05) is 24.1 Å². The first-order chi connectivity index (χ1) is 12.6. The van der Waals surface area contributed by atoms with E-state index in [2.05, 4.69) is 15.8 Å². The molecule has 0 atom stereocenters. The molecule has 0 aliphatic heterocycles. The first-order valence-electron chi connectivity index (χ1n) is 8.18. The van der Waals surface area contributed by atoms with E-state index in [1.54, 1.807) is 30.9 Å². The molecule has 0 saturated carbocycles. The van der Waals surface area contributed by atoms with Gasteiger partial charge in [0.15, 0.2) is 0 Å². The zero-order valence-electron chi connectivity index (χ0n) is 14.4. The van der Waals surface area contributed by atoms with Crippen LogP contribution in [0.4, 0.5) is 10.5 Å². The number of nitrogens with one attached hydrogen (secondary N) is 3. The van der Waals surface area contributed by atoms with Crippen molar-refractivity contribution in [2.24, 2.45) is 0 Å². The Morgan fingerprint density at radius 3 is 2.85 bits per heavy atom. The predicted octanol–water partition coefficient (Wildman–Crippen LogP) is 2.36. The van der Waals surface area contributed by atoms with E-state index in [4.69, 9.17) is 14.8 Å². The van der Waals surface area contributed by atoms with E-state index < -0.39 is 11.9 Å². The number of rotatable bonds is 9. The van der Waals surface area contributed by atoms with E-state index in [9.17, 15) is 9.59 Å². The molecule has 9 heteroatoms. The molecule has 0 bridgehead atoms. The van der Waals surface area contributed by atoms with Crippen molar-refractivity contribution in [1.82, 2.24) is 15.9 Å². The van der Waals surface area contributed by atoms with Crippen LogP contribution in [0.15, 0.2) is 30.5 Å². The molecule has 1 aromatic heterocycles. The van der Waals surface area contributed by atoms with Crippen molar-refractivity contribution in [3.8, 4) is 5.75 Å². The zero-order valence-corrected chi connectivity index (χ0v) is 14.4. The standard InChI is InChI=1S/C17H22N4O5/c1-25-13-10-12-6-5-8-18-16(12)14(11-13)19-17(23)21-26-9-4-2-3-7-15(22)20-24/h5-6,8,10-11,24H,2-4,7,9H2,1H3,(H,20,22)(H2,19,21,23). The molecule has 26 heavy (non-hydrogen) atoms. The Kier molecular flexibility index (Phi) is 7.59. The van der Waals surface area contributed by atoms with Gasteiger partial charge in [-0.1, -0.05) is 12.5 Å². The number of unbranched alkanes of at least 4 members (excludes halogenated alkanes) is 2. The molecule has 4 N–H and O–H groups in total. The SMILES string of the molecule is COc1cc(NC(=O)NOCCCCCC(=O)NO)c2ncccc2c1. The Hall–Kier alpha value is -2.91. The fourth-order valence-electron chi connectivity index (χ4n) is 2.33. The number of aromatic nitrogens is 1. The Morgan fingerprint density at radius 2 is 2.08 bits per heavy atom. The van der Waals surface area contributed by atoms with Crippen molar-refractivity contribution >= 4 is 28.5 Å². The summed E-state index contributed by atoms with van der Waals surface area (Å²) in [6.45, 7) is 0.311. The fourth-order valence-corrected chi connectivity index (χ4v) is 2.33. The normalized spacial score (nSPS) is 10.4. The highest BCUT2D eigenvalue weighted by atomic mass is 16.7. The summed E-state index contributed by atoms with van der Waals surface area (Å²) in [5, 5.41) is 11.9. The minimum Gasteiger partial charge on any atom is -0.497 e. The number of benzene rings is 1. The highest BCUT2D eigenvalue weighted by Gasteiger charge is 2.09. The summed E-state index contributed by atoms with van der Waals surface area (Å²) in [4.78, 5) is 32.2. The number of anilines is 1. The number of fused-ring (bicyclic) bond motifs is 1. The van der Waals surface area contributed by atoms with Crippen molar-refractivity contribution in [3.05, 3.63) is 30.5 Å².